The molecule has 0 radical (unpaired) electrons. The first kappa shape index (κ1) is 14.8. The summed E-state index contributed by atoms with van der Waals surface area (Å²) < 4.78 is 5.31. The summed E-state index contributed by atoms with van der Waals surface area (Å²) in [7, 11) is 1.83. The molecule has 1 aliphatic rings. The number of amides is 2. The van der Waals surface area contributed by atoms with E-state index in [0.717, 1.165) is 42.7 Å². The van der Waals surface area contributed by atoms with Gasteiger partial charge in [0.25, 0.3) is 0 Å². The van der Waals surface area contributed by atoms with E-state index in [1.54, 1.807) is 4.90 Å². The number of imidazole rings is 1. The Kier molecular flexibility index (Phi) is 4.58. The number of aromatic amines is 1. The molecule has 1 aliphatic heterocycles. The number of H-pyrrole nitrogens is 1. The summed E-state index contributed by atoms with van der Waals surface area (Å²) in [5.74, 6) is 0.966. The zero-order chi connectivity index (χ0) is 15.4. The number of hydrogen-bond donors (Lipinski definition) is 2. The highest BCUT2D eigenvalue weighted by Gasteiger charge is 2.23. The van der Waals surface area contributed by atoms with Crippen molar-refractivity contribution in [1.82, 2.24) is 20.2 Å². The standard InChI is InChI=1S/C16H22N4O2/c1-20(12-8-10-22-11-12)16(21)17-9-4-7-15-18-13-5-2-3-6-14(13)19-15/h2-3,5-6,12H,4,7-11H2,1H3,(H,17,21)(H,18,19). The SMILES string of the molecule is CN(C(=O)NCCCc1nc2ccccc2[nH]1)C1CCOC1. The Morgan fingerprint density at radius 1 is 1.50 bits per heavy atom. The van der Waals surface area contributed by atoms with Gasteiger partial charge in [-0.15, -0.1) is 0 Å². The predicted molar refractivity (Wildman–Crippen MR) is 84.8 cm³/mol. The molecule has 3 rings (SSSR count). The molecule has 0 aliphatic carbocycles. The Hall–Kier alpha value is -2.08. The van der Waals surface area contributed by atoms with E-state index in [0.29, 0.717) is 13.2 Å². The summed E-state index contributed by atoms with van der Waals surface area (Å²) in [5, 5.41) is 2.95. The highest BCUT2D eigenvalue weighted by atomic mass is 16.5. The number of carbonyl (C=O) groups is 1. The van der Waals surface area contributed by atoms with Gasteiger partial charge in [0.1, 0.15) is 5.82 Å². The van der Waals surface area contributed by atoms with Crippen molar-refractivity contribution in [3.8, 4) is 0 Å². The van der Waals surface area contributed by atoms with E-state index in [4.69, 9.17) is 4.74 Å². The van der Waals surface area contributed by atoms with Crippen LogP contribution < -0.4 is 5.32 Å². The van der Waals surface area contributed by atoms with Gasteiger partial charge in [0.2, 0.25) is 0 Å². The van der Waals surface area contributed by atoms with Gasteiger partial charge in [-0.3, -0.25) is 0 Å². The van der Waals surface area contributed by atoms with Crippen LogP contribution in [-0.2, 0) is 11.2 Å². The van der Waals surface area contributed by atoms with Crippen LogP contribution in [0.4, 0.5) is 4.79 Å². The Morgan fingerprint density at radius 3 is 3.14 bits per heavy atom. The number of likely N-dealkylation sites (N-methyl/N-ethyl adjacent to an activating group) is 1. The minimum atomic E-state index is -0.0277. The summed E-state index contributed by atoms with van der Waals surface area (Å²) in [6, 6.07) is 8.17. The lowest BCUT2D eigenvalue weighted by Crippen LogP contribution is -2.44. The molecule has 2 amide bonds. The average Bonchev–Trinajstić information content (AvgIpc) is 3.19. The summed E-state index contributed by atoms with van der Waals surface area (Å²) in [4.78, 5) is 21.6. The maximum atomic E-state index is 12.0. The van der Waals surface area contributed by atoms with Gasteiger partial charge < -0.3 is 19.9 Å². The molecule has 6 nitrogen and oxygen atoms in total. The monoisotopic (exact) mass is 302 g/mol. The van der Waals surface area contributed by atoms with Gasteiger partial charge in [0, 0.05) is 26.6 Å². The molecule has 1 saturated heterocycles. The molecule has 1 aromatic heterocycles. The lowest BCUT2D eigenvalue weighted by atomic mass is 10.2. The molecule has 2 aromatic rings. The van der Waals surface area contributed by atoms with Crippen LogP contribution in [0.25, 0.3) is 11.0 Å². The quantitative estimate of drug-likeness (QED) is 0.829. The second kappa shape index (κ2) is 6.79. The highest BCUT2D eigenvalue weighted by Crippen LogP contribution is 2.12. The lowest BCUT2D eigenvalue weighted by molar-refractivity contribution is 0.158. The zero-order valence-electron chi connectivity index (χ0n) is 12.8. The number of nitrogens with one attached hydrogen (secondary N) is 2. The zero-order valence-corrected chi connectivity index (χ0v) is 12.8. The first-order valence-corrected chi connectivity index (χ1v) is 7.76. The summed E-state index contributed by atoms with van der Waals surface area (Å²) in [6.07, 6.45) is 2.61. The topological polar surface area (TPSA) is 70.2 Å². The molecule has 118 valence electrons. The van der Waals surface area contributed by atoms with Crippen LogP contribution in [0.1, 0.15) is 18.7 Å². The third-order valence-electron chi connectivity index (χ3n) is 4.08. The van der Waals surface area contributed by atoms with Gasteiger partial charge >= 0.3 is 6.03 Å². The van der Waals surface area contributed by atoms with Crippen molar-refractivity contribution in [2.45, 2.75) is 25.3 Å². The number of ether oxygens (including phenoxy) is 1. The highest BCUT2D eigenvalue weighted by molar-refractivity contribution is 5.75. The van der Waals surface area contributed by atoms with Crippen molar-refractivity contribution in [3.63, 3.8) is 0 Å². The van der Waals surface area contributed by atoms with Crippen LogP contribution in [-0.4, -0.2) is 53.7 Å². The Balaban J connectivity index is 1.42. The van der Waals surface area contributed by atoms with E-state index in [9.17, 15) is 4.79 Å². The van der Waals surface area contributed by atoms with Gasteiger partial charge in [-0.25, -0.2) is 9.78 Å². The molecule has 1 aromatic carbocycles. The Labute approximate surface area is 129 Å². The summed E-state index contributed by atoms with van der Waals surface area (Å²) in [6.45, 7) is 2.03. The summed E-state index contributed by atoms with van der Waals surface area (Å²) >= 11 is 0. The molecular formula is C16H22N4O2. The molecule has 22 heavy (non-hydrogen) atoms. The third-order valence-corrected chi connectivity index (χ3v) is 4.08. The predicted octanol–water partition coefficient (Wildman–Crippen LogP) is 1.93. The van der Waals surface area contributed by atoms with Crippen LogP contribution in [0.3, 0.4) is 0 Å². The number of hydrogen-bond acceptors (Lipinski definition) is 3. The molecule has 1 unspecified atom stereocenters. The number of rotatable bonds is 5. The molecule has 1 fully saturated rings. The second-order valence-corrected chi connectivity index (χ2v) is 5.66. The lowest BCUT2D eigenvalue weighted by Gasteiger charge is -2.23. The fraction of sp³-hybridized carbons (Fsp3) is 0.500. The smallest absolute Gasteiger partial charge is 0.317 e. The van der Waals surface area contributed by atoms with E-state index in [2.05, 4.69) is 15.3 Å². The fourth-order valence-corrected chi connectivity index (χ4v) is 2.69. The minimum absolute atomic E-state index is 0.0277. The van der Waals surface area contributed by atoms with Gasteiger partial charge in [0.15, 0.2) is 0 Å². The summed E-state index contributed by atoms with van der Waals surface area (Å²) in [5.41, 5.74) is 2.05. The second-order valence-electron chi connectivity index (χ2n) is 5.66. The van der Waals surface area contributed by atoms with Gasteiger partial charge in [0.05, 0.1) is 23.7 Å². The van der Waals surface area contributed by atoms with Crippen molar-refractivity contribution >= 4 is 17.1 Å². The van der Waals surface area contributed by atoms with Crippen LogP contribution in [0.2, 0.25) is 0 Å². The first-order chi connectivity index (χ1) is 10.7. The first-order valence-electron chi connectivity index (χ1n) is 7.76. The largest absolute Gasteiger partial charge is 0.379 e. The van der Waals surface area contributed by atoms with E-state index in [-0.39, 0.29) is 12.1 Å². The molecule has 6 heteroatoms. The van der Waals surface area contributed by atoms with E-state index in [1.165, 1.54) is 0 Å². The van der Waals surface area contributed by atoms with Crippen molar-refractivity contribution in [3.05, 3.63) is 30.1 Å². The molecular weight excluding hydrogens is 280 g/mol. The maximum Gasteiger partial charge on any atom is 0.317 e. The van der Waals surface area contributed by atoms with E-state index < -0.39 is 0 Å². The number of benzene rings is 1. The normalized spacial score (nSPS) is 17.8. The third kappa shape index (κ3) is 3.39. The van der Waals surface area contributed by atoms with Gasteiger partial charge in [-0.1, -0.05) is 12.1 Å². The van der Waals surface area contributed by atoms with Crippen LogP contribution in [0, 0.1) is 0 Å². The molecule has 1 atom stereocenters. The molecule has 0 bridgehead atoms. The Morgan fingerprint density at radius 2 is 2.36 bits per heavy atom. The average molecular weight is 302 g/mol. The fourth-order valence-electron chi connectivity index (χ4n) is 2.69. The van der Waals surface area contributed by atoms with Crippen LogP contribution in [0.5, 0.6) is 0 Å². The van der Waals surface area contributed by atoms with Crippen molar-refractivity contribution in [1.29, 1.82) is 0 Å². The molecule has 2 N–H and O–H groups in total. The minimum Gasteiger partial charge on any atom is -0.379 e. The Bertz CT molecular complexity index is 601. The van der Waals surface area contributed by atoms with E-state index >= 15 is 0 Å². The number of fused-ring (bicyclic) bond motifs is 1. The molecule has 2 heterocycles. The number of para-hydroxylation sites is 2. The molecule has 0 spiro atoms. The molecule has 0 saturated carbocycles. The van der Waals surface area contributed by atoms with Crippen molar-refractivity contribution in [2.24, 2.45) is 0 Å². The number of urea groups is 1. The van der Waals surface area contributed by atoms with E-state index in [1.807, 2.05) is 31.3 Å². The number of aromatic nitrogens is 2. The van der Waals surface area contributed by atoms with Crippen LogP contribution >= 0.6 is 0 Å². The van der Waals surface area contributed by atoms with Crippen molar-refractivity contribution in [2.75, 3.05) is 26.8 Å². The van der Waals surface area contributed by atoms with Gasteiger partial charge in [-0.2, -0.15) is 0 Å². The number of nitrogens with zero attached hydrogens (tertiary/aromatic N) is 2. The van der Waals surface area contributed by atoms with Crippen LogP contribution in [0.15, 0.2) is 24.3 Å². The number of carbonyl (C=O) groups excluding carboxylic acids is 1. The maximum absolute atomic E-state index is 12.0. The number of aryl methyl sites for hydroxylation is 1. The van der Waals surface area contributed by atoms with Gasteiger partial charge in [-0.05, 0) is 25.0 Å². The van der Waals surface area contributed by atoms with Crippen molar-refractivity contribution < 1.29 is 9.53 Å².